The number of aryl methyl sites for hydroxylation is 1. The van der Waals surface area contributed by atoms with Crippen LogP contribution in [0.1, 0.15) is 10.6 Å². The lowest BCUT2D eigenvalue weighted by Gasteiger charge is -2.06. The topological polar surface area (TPSA) is 50.7 Å². The van der Waals surface area contributed by atoms with Crippen LogP contribution in [-0.2, 0) is 6.54 Å². The number of hydrogen-bond donors (Lipinski definition) is 1. The van der Waals surface area contributed by atoms with E-state index in [0.717, 1.165) is 21.7 Å². The number of nitrogens with zero attached hydrogens (tertiary/aromatic N) is 3. The van der Waals surface area contributed by atoms with Crippen molar-refractivity contribution in [2.45, 2.75) is 13.5 Å². The summed E-state index contributed by atoms with van der Waals surface area (Å²) in [5.74, 6) is 0.755. The smallest absolute Gasteiger partial charge is 0.225 e. The van der Waals surface area contributed by atoms with Crippen molar-refractivity contribution in [3.8, 4) is 0 Å². The summed E-state index contributed by atoms with van der Waals surface area (Å²) in [6.45, 7) is 2.65. The highest BCUT2D eigenvalue weighted by Crippen LogP contribution is 2.29. The quantitative estimate of drug-likeness (QED) is 0.748. The van der Waals surface area contributed by atoms with Gasteiger partial charge in [-0.15, -0.1) is 11.3 Å². The second-order valence-electron chi connectivity index (χ2n) is 4.09. The van der Waals surface area contributed by atoms with Gasteiger partial charge in [0.2, 0.25) is 5.28 Å². The highest BCUT2D eigenvalue weighted by molar-refractivity contribution is 7.18. The molecule has 0 unspecified atom stereocenters. The van der Waals surface area contributed by atoms with E-state index in [0.29, 0.717) is 6.54 Å². The molecule has 3 aromatic heterocycles. The van der Waals surface area contributed by atoms with E-state index in [9.17, 15) is 0 Å². The zero-order valence-electron chi connectivity index (χ0n) is 10.2. The molecule has 0 bridgehead atoms. The fourth-order valence-electron chi connectivity index (χ4n) is 1.83. The first-order chi connectivity index (χ1) is 9.22. The SMILES string of the molecule is Cc1cc2c(NCc3ccccn3)nc(Cl)nc2s1. The summed E-state index contributed by atoms with van der Waals surface area (Å²) in [7, 11) is 0. The Hall–Kier alpha value is -1.72. The third-order valence-corrected chi connectivity index (χ3v) is 3.77. The molecule has 0 aromatic carbocycles. The number of hydrogen-bond acceptors (Lipinski definition) is 5. The van der Waals surface area contributed by atoms with Gasteiger partial charge in [-0.1, -0.05) is 6.07 Å². The van der Waals surface area contributed by atoms with Crippen molar-refractivity contribution in [1.82, 2.24) is 15.0 Å². The number of aromatic nitrogens is 3. The zero-order valence-corrected chi connectivity index (χ0v) is 11.8. The lowest BCUT2D eigenvalue weighted by Crippen LogP contribution is -2.03. The Morgan fingerprint density at radius 2 is 2.21 bits per heavy atom. The molecule has 0 aliphatic heterocycles. The van der Waals surface area contributed by atoms with Crippen molar-refractivity contribution in [3.05, 3.63) is 46.3 Å². The van der Waals surface area contributed by atoms with Crippen LogP contribution in [0.2, 0.25) is 5.28 Å². The molecule has 0 radical (unpaired) electrons. The summed E-state index contributed by atoms with van der Waals surface area (Å²) in [5.41, 5.74) is 0.956. The average molecular weight is 291 g/mol. The van der Waals surface area contributed by atoms with Gasteiger partial charge in [-0.2, -0.15) is 0 Å². The molecule has 4 nitrogen and oxygen atoms in total. The zero-order chi connectivity index (χ0) is 13.2. The molecule has 3 aromatic rings. The van der Waals surface area contributed by atoms with E-state index in [1.165, 1.54) is 4.88 Å². The Morgan fingerprint density at radius 3 is 3.00 bits per heavy atom. The van der Waals surface area contributed by atoms with Gasteiger partial charge >= 0.3 is 0 Å². The fourth-order valence-corrected chi connectivity index (χ4v) is 2.93. The molecule has 6 heteroatoms. The summed E-state index contributed by atoms with van der Waals surface area (Å²) >= 11 is 7.55. The summed E-state index contributed by atoms with van der Waals surface area (Å²) in [6, 6.07) is 7.88. The molecule has 1 N–H and O–H groups in total. The Morgan fingerprint density at radius 1 is 1.32 bits per heavy atom. The summed E-state index contributed by atoms with van der Waals surface area (Å²) in [4.78, 5) is 14.8. The maximum absolute atomic E-state index is 5.94. The first-order valence-electron chi connectivity index (χ1n) is 5.80. The van der Waals surface area contributed by atoms with Gasteiger partial charge in [0.25, 0.3) is 0 Å². The molecule has 0 saturated heterocycles. The van der Waals surface area contributed by atoms with E-state index in [1.54, 1.807) is 17.5 Å². The Labute approximate surface area is 119 Å². The van der Waals surface area contributed by atoms with Gasteiger partial charge in [0.15, 0.2) is 0 Å². The maximum atomic E-state index is 5.94. The second kappa shape index (κ2) is 5.11. The predicted octanol–water partition coefficient (Wildman–Crippen LogP) is 3.66. The van der Waals surface area contributed by atoms with Crippen LogP contribution in [0.15, 0.2) is 30.5 Å². The number of thiophene rings is 1. The lowest BCUT2D eigenvalue weighted by atomic mass is 10.3. The number of halogens is 1. The predicted molar refractivity (Wildman–Crippen MR) is 78.7 cm³/mol. The molecule has 0 amide bonds. The van der Waals surface area contributed by atoms with Crippen molar-refractivity contribution < 1.29 is 0 Å². The molecule has 0 atom stereocenters. The first-order valence-corrected chi connectivity index (χ1v) is 6.99. The van der Waals surface area contributed by atoms with Crippen molar-refractivity contribution in [1.29, 1.82) is 0 Å². The van der Waals surface area contributed by atoms with Gasteiger partial charge < -0.3 is 5.32 Å². The van der Waals surface area contributed by atoms with E-state index >= 15 is 0 Å². The fraction of sp³-hybridized carbons (Fsp3) is 0.154. The minimum Gasteiger partial charge on any atom is -0.364 e. The van der Waals surface area contributed by atoms with Crippen LogP contribution in [0.5, 0.6) is 0 Å². The number of rotatable bonds is 3. The monoisotopic (exact) mass is 290 g/mol. The minimum atomic E-state index is 0.262. The van der Waals surface area contributed by atoms with Crippen LogP contribution in [0.4, 0.5) is 5.82 Å². The van der Waals surface area contributed by atoms with Gasteiger partial charge in [-0.05, 0) is 36.7 Å². The summed E-state index contributed by atoms with van der Waals surface area (Å²) in [6.07, 6.45) is 1.77. The molecule has 0 saturated carbocycles. The molecule has 3 heterocycles. The molecule has 96 valence electrons. The average Bonchev–Trinajstić information content (AvgIpc) is 2.77. The molecule has 19 heavy (non-hydrogen) atoms. The third kappa shape index (κ3) is 2.67. The van der Waals surface area contributed by atoms with Crippen molar-refractivity contribution in [2.75, 3.05) is 5.32 Å². The Bertz CT molecular complexity index is 711. The number of pyridine rings is 1. The van der Waals surface area contributed by atoms with Crippen LogP contribution < -0.4 is 5.32 Å². The molecule has 3 rings (SSSR count). The largest absolute Gasteiger partial charge is 0.364 e. The van der Waals surface area contributed by atoms with Crippen LogP contribution in [-0.4, -0.2) is 15.0 Å². The van der Waals surface area contributed by atoms with E-state index < -0.39 is 0 Å². The van der Waals surface area contributed by atoms with Crippen molar-refractivity contribution >= 4 is 39.0 Å². The number of nitrogens with one attached hydrogen (secondary N) is 1. The van der Waals surface area contributed by atoms with Gasteiger partial charge in [0, 0.05) is 11.1 Å². The molecule has 0 fully saturated rings. The normalized spacial score (nSPS) is 10.8. The van der Waals surface area contributed by atoms with E-state index in [1.807, 2.05) is 25.1 Å². The maximum Gasteiger partial charge on any atom is 0.225 e. The molecular weight excluding hydrogens is 280 g/mol. The lowest BCUT2D eigenvalue weighted by molar-refractivity contribution is 1.03. The molecule has 0 spiro atoms. The van der Waals surface area contributed by atoms with Crippen LogP contribution >= 0.6 is 22.9 Å². The van der Waals surface area contributed by atoms with Gasteiger partial charge in [-0.25, -0.2) is 9.97 Å². The van der Waals surface area contributed by atoms with Crippen LogP contribution in [0.25, 0.3) is 10.2 Å². The molecule has 0 aliphatic carbocycles. The Balaban J connectivity index is 1.92. The second-order valence-corrected chi connectivity index (χ2v) is 5.66. The third-order valence-electron chi connectivity index (χ3n) is 2.65. The summed E-state index contributed by atoms with van der Waals surface area (Å²) < 4.78 is 0. The van der Waals surface area contributed by atoms with Gasteiger partial charge in [0.05, 0.1) is 17.6 Å². The highest BCUT2D eigenvalue weighted by Gasteiger charge is 2.09. The molecule has 0 aliphatic rings. The number of anilines is 1. The van der Waals surface area contributed by atoms with Crippen molar-refractivity contribution in [2.24, 2.45) is 0 Å². The minimum absolute atomic E-state index is 0.262. The molecular formula is C13H11ClN4S. The van der Waals surface area contributed by atoms with Gasteiger partial charge in [-0.3, -0.25) is 4.98 Å². The van der Waals surface area contributed by atoms with Crippen LogP contribution in [0, 0.1) is 6.92 Å². The summed E-state index contributed by atoms with van der Waals surface area (Å²) in [5, 5.41) is 4.53. The van der Waals surface area contributed by atoms with E-state index in [4.69, 9.17) is 11.6 Å². The standard InChI is InChI=1S/C13H11ClN4S/c1-8-6-10-11(17-13(14)18-12(10)19-8)16-7-9-4-2-3-5-15-9/h2-6H,7H2,1H3,(H,16,17,18). The van der Waals surface area contributed by atoms with E-state index in [2.05, 4.69) is 26.3 Å². The van der Waals surface area contributed by atoms with Gasteiger partial charge in [0.1, 0.15) is 10.6 Å². The van der Waals surface area contributed by atoms with Crippen LogP contribution in [0.3, 0.4) is 0 Å². The van der Waals surface area contributed by atoms with Crippen molar-refractivity contribution in [3.63, 3.8) is 0 Å². The first kappa shape index (κ1) is 12.3. The van der Waals surface area contributed by atoms with E-state index in [-0.39, 0.29) is 5.28 Å². The number of fused-ring (bicyclic) bond motifs is 1. The highest BCUT2D eigenvalue weighted by atomic mass is 35.5. The Kier molecular flexibility index (Phi) is 3.31.